The van der Waals surface area contributed by atoms with Crippen molar-refractivity contribution in [3.05, 3.63) is 75.9 Å². The van der Waals surface area contributed by atoms with Crippen LogP contribution in [-0.4, -0.2) is 23.3 Å². The molecular formula is C27H26ClNO3. The number of halogens is 1. The Morgan fingerprint density at radius 3 is 2.53 bits per heavy atom. The van der Waals surface area contributed by atoms with Crippen LogP contribution in [0.25, 0.3) is 22.6 Å². The molecule has 0 saturated heterocycles. The standard InChI is InChI=1S/C27H26ClNO3/c1-27(2,3)23(30)16-32-26(31)24-19-11-5-7-14-22(19)29-25-18(10-8-12-20(24)25)15-17-9-4-6-13-21(17)28/h4-7,9,11,13-15H,8,10,12,16H2,1-3H3/b18-15-. The highest BCUT2D eigenvalue weighted by atomic mass is 35.5. The fraction of sp³-hybridized carbons (Fsp3) is 0.296. The number of benzene rings is 2. The number of fused-ring (bicyclic) bond motifs is 2. The number of pyridine rings is 1. The number of nitrogens with zero attached hydrogens (tertiary/aromatic N) is 1. The molecule has 0 unspecified atom stereocenters. The van der Waals surface area contributed by atoms with E-state index >= 15 is 0 Å². The van der Waals surface area contributed by atoms with Gasteiger partial charge in [0.25, 0.3) is 0 Å². The molecule has 2 aromatic carbocycles. The molecule has 4 rings (SSSR count). The molecular weight excluding hydrogens is 422 g/mol. The fourth-order valence-corrected chi connectivity index (χ4v) is 4.10. The quantitative estimate of drug-likeness (QED) is 0.426. The fourth-order valence-electron chi connectivity index (χ4n) is 3.91. The normalized spacial score (nSPS) is 14.9. The zero-order chi connectivity index (χ0) is 22.9. The second-order valence-corrected chi connectivity index (χ2v) is 9.53. The topological polar surface area (TPSA) is 56.3 Å². The molecule has 0 amide bonds. The number of para-hydroxylation sites is 1. The minimum Gasteiger partial charge on any atom is -0.454 e. The maximum atomic E-state index is 13.2. The number of carbonyl (C=O) groups excluding carboxylic acids is 2. The molecule has 164 valence electrons. The van der Waals surface area contributed by atoms with Crippen molar-refractivity contribution in [3.8, 4) is 0 Å². The van der Waals surface area contributed by atoms with Gasteiger partial charge in [0.1, 0.15) is 0 Å². The number of hydrogen-bond acceptors (Lipinski definition) is 4. The van der Waals surface area contributed by atoms with Gasteiger partial charge < -0.3 is 4.74 Å². The largest absolute Gasteiger partial charge is 0.454 e. The van der Waals surface area contributed by atoms with Crippen LogP contribution in [0.3, 0.4) is 0 Å². The van der Waals surface area contributed by atoms with Crippen molar-refractivity contribution in [2.75, 3.05) is 6.61 Å². The summed E-state index contributed by atoms with van der Waals surface area (Å²) in [5.41, 5.74) is 4.33. The highest BCUT2D eigenvalue weighted by Gasteiger charge is 2.28. The third-order valence-electron chi connectivity index (χ3n) is 5.78. The van der Waals surface area contributed by atoms with Crippen LogP contribution in [-0.2, 0) is 16.0 Å². The van der Waals surface area contributed by atoms with Crippen LogP contribution in [0.5, 0.6) is 0 Å². The highest BCUT2D eigenvalue weighted by molar-refractivity contribution is 6.32. The molecule has 1 aromatic heterocycles. The van der Waals surface area contributed by atoms with Crippen molar-refractivity contribution in [2.24, 2.45) is 5.41 Å². The number of allylic oxidation sites excluding steroid dienone is 1. The minimum atomic E-state index is -0.565. The van der Waals surface area contributed by atoms with Crippen LogP contribution in [0.1, 0.15) is 60.8 Å². The smallest absolute Gasteiger partial charge is 0.339 e. The lowest BCUT2D eigenvalue weighted by Crippen LogP contribution is -2.27. The molecule has 4 nitrogen and oxygen atoms in total. The zero-order valence-electron chi connectivity index (χ0n) is 18.6. The number of hydrogen-bond donors (Lipinski definition) is 0. The van der Waals surface area contributed by atoms with E-state index in [1.807, 2.05) is 69.3 Å². The predicted molar refractivity (Wildman–Crippen MR) is 129 cm³/mol. The van der Waals surface area contributed by atoms with Gasteiger partial charge >= 0.3 is 5.97 Å². The summed E-state index contributed by atoms with van der Waals surface area (Å²) < 4.78 is 5.51. The first-order valence-electron chi connectivity index (χ1n) is 10.8. The maximum absolute atomic E-state index is 13.2. The summed E-state index contributed by atoms with van der Waals surface area (Å²) in [6.07, 6.45) is 4.52. The molecule has 1 aliphatic carbocycles. The number of ketones is 1. The van der Waals surface area contributed by atoms with Gasteiger partial charge in [0.2, 0.25) is 0 Å². The second-order valence-electron chi connectivity index (χ2n) is 9.13. The Hall–Kier alpha value is -2.98. The van der Waals surface area contributed by atoms with Gasteiger partial charge in [0.05, 0.1) is 16.8 Å². The highest BCUT2D eigenvalue weighted by Crippen LogP contribution is 2.37. The van der Waals surface area contributed by atoms with Crippen LogP contribution in [0.4, 0.5) is 0 Å². The van der Waals surface area contributed by atoms with Crippen LogP contribution in [0, 0.1) is 5.41 Å². The first-order valence-corrected chi connectivity index (χ1v) is 11.2. The average molecular weight is 448 g/mol. The zero-order valence-corrected chi connectivity index (χ0v) is 19.3. The number of Topliss-reactive ketones (excluding diaryl/α,β-unsaturated/α-hetero) is 1. The number of aromatic nitrogens is 1. The Morgan fingerprint density at radius 1 is 1.06 bits per heavy atom. The molecule has 1 heterocycles. The van der Waals surface area contributed by atoms with Crippen LogP contribution >= 0.6 is 11.6 Å². The van der Waals surface area contributed by atoms with E-state index in [9.17, 15) is 9.59 Å². The predicted octanol–water partition coefficient (Wildman–Crippen LogP) is 6.54. The van der Waals surface area contributed by atoms with E-state index in [1.165, 1.54) is 0 Å². The molecule has 0 atom stereocenters. The van der Waals surface area contributed by atoms with Gasteiger partial charge in [-0.25, -0.2) is 9.78 Å². The third-order valence-corrected chi connectivity index (χ3v) is 6.12. The monoisotopic (exact) mass is 447 g/mol. The van der Waals surface area contributed by atoms with Gasteiger partial charge in [-0.1, -0.05) is 68.8 Å². The molecule has 0 aliphatic heterocycles. The summed E-state index contributed by atoms with van der Waals surface area (Å²) in [6, 6.07) is 15.3. The maximum Gasteiger partial charge on any atom is 0.339 e. The molecule has 5 heteroatoms. The summed E-state index contributed by atoms with van der Waals surface area (Å²) in [6.45, 7) is 5.21. The van der Waals surface area contributed by atoms with Gasteiger partial charge in [-0.3, -0.25) is 4.79 Å². The first-order chi connectivity index (χ1) is 15.3. The molecule has 0 saturated carbocycles. The first kappa shape index (κ1) is 22.2. The Bertz CT molecular complexity index is 1240. The van der Waals surface area contributed by atoms with Crippen LogP contribution < -0.4 is 0 Å². The van der Waals surface area contributed by atoms with E-state index in [2.05, 4.69) is 6.08 Å². The summed E-state index contributed by atoms with van der Waals surface area (Å²) in [5, 5.41) is 1.42. The number of rotatable bonds is 4. The van der Waals surface area contributed by atoms with Gasteiger partial charge in [-0.05, 0) is 54.2 Å². The molecule has 3 aromatic rings. The van der Waals surface area contributed by atoms with E-state index in [0.29, 0.717) is 10.6 Å². The van der Waals surface area contributed by atoms with Crippen LogP contribution in [0.2, 0.25) is 5.02 Å². The lowest BCUT2D eigenvalue weighted by molar-refractivity contribution is -0.129. The number of ether oxygens (including phenoxy) is 1. The Balaban J connectivity index is 1.81. The van der Waals surface area contributed by atoms with Crippen molar-refractivity contribution >= 4 is 45.9 Å². The van der Waals surface area contributed by atoms with Crippen LogP contribution in [0.15, 0.2) is 48.5 Å². The molecule has 0 fully saturated rings. The van der Waals surface area contributed by atoms with Crippen molar-refractivity contribution in [2.45, 2.75) is 40.0 Å². The van der Waals surface area contributed by atoms with E-state index in [4.69, 9.17) is 21.3 Å². The van der Waals surface area contributed by atoms with Crippen molar-refractivity contribution in [1.29, 1.82) is 0 Å². The Kier molecular flexibility index (Phi) is 6.16. The number of esters is 1. The summed E-state index contributed by atoms with van der Waals surface area (Å²) >= 11 is 6.38. The van der Waals surface area contributed by atoms with Crippen molar-refractivity contribution in [3.63, 3.8) is 0 Å². The van der Waals surface area contributed by atoms with E-state index in [-0.39, 0.29) is 12.4 Å². The SMILES string of the molecule is CC(C)(C)C(=O)COC(=O)c1c2c(nc3ccccc13)/C(=C\c1ccccc1Cl)CCC2. The van der Waals surface area contributed by atoms with E-state index in [0.717, 1.165) is 52.6 Å². The lowest BCUT2D eigenvalue weighted by Gasteiger charge is -2.23. The number of carbonyl (C=O) groups is 2. The third kappa shape index (κ3) is 4.46. The van der Waals surface area contributed by atoms with Gasteiger partial charge in [-0.2, -0.15) is 0 Å². The Labute approximate surface area is 193 Å². The average Bonchev–Trinajstić information content (AvgIpc) is 2.76. The molecule has 0 radical (unpaired) electrons. The minimum absolute atomic E-state index is 0.114. The summed E-state index contributed by atoms with van der Waals surface area (Å²) in [4.78, 5) is 30.5. The molecule has 0 spiro atoms. The van der Waals surface area contributed by atoms with E-state index < -0.39 is 11.4 Å². The van der Waals surface area contributed by atoms with Crippen molar-refractivity contribution in [1.82, 2.24) is 4.98 Å². The van der Waals surface area contributed by atoms with Gasteiger partial charge in [0, 0.05) is 15.8 Å². The van der Waals surface area contributed by atoms with Crippen molar-refractivity contribution < 1.29 is 14.3 Å². The Morgan fingerprint density at radius 2 is 1.78 bits per heavy atom. The molecule has 32 heavy (non-hydrogen) atoms. The van der Waals surface area contributed by atoms with Gasteiger partial charge in [-0.15, -0.1) is 0 Å². The van der Waals surface area contributed by atoms with Gasteiger partial charge in [0.15, 0.2) is 12.4 Å². The molecule has 0 bridgehead atoms. The molecule has 0 N–H and O–H groups in total. The molecule has 1 aliphatic rings. The summed E-state index contributed by atoms with van der Waals surface area (Å²) in [5.74, 6) is -0.589. The summed E-state index contributed by atoms with van der Waals surface area (Å²) in [7, 11) is 0. The lowest BCUT2D eigenvalue weighted by atomic mass is 9.86. The second kappa shape index (κ2) is 8.87. The van der Waals surface area contributed by atoms with E-state index in [1.54, 1.807) is 0 Å².